The van der Waals surface area contributed by atoms with Crippen LogP contribution in [-0.4, -0.2) is 52.4 Å². The molecule has 4 atom stereocenters. The second-order valence-corrected chi connectivity index (χ2v) is 5.92. The molecule has 10 nitrogen and oxygen atoms in total. The molecule has 0 spiro atoms. The lowest BCUT2D eigenvalue weighted by Crippen LogP contribution is -2.40. The summed E-state index contributed by atoms with van der Waals surface area (Å²) in [6.45, 7) is 3.37. The number of aromatic amines is 1. The lowest BCUT2D eigenvalue weighted by molar-refractivity contribution is -0.166. The van der Waals surface area contributed by atoms with Gasteiger partial charge in [0.1, 0.15) is 12.7 Å². The fourth-order valence-corrected chi connectivity index (χ4v) is 2.81. The van der Waals surface area contributed by atoms with Gasteiger partial charge in [-0.1, -0.05) is 0 Å². The highest BCUT2D eigenvalue weighted by Crippen LogP contribution is 2.34. The third-order valence-corrected chi connectivity index (χ3v) is 3.78. The molecule has 1 aromatic rings. The van der Waals surface area contributed by atoms with Crippen LogP contribution in [0.1, 0.15) is 27.0 Å². The smallest absolute Gasteiger partial charge is 0.303 e. The number of carbonyl (C=O) groups excluding carboxylic acids is 3. The van der Waals surface area contributed by atoms with Crippen LogP contribution in [0.2, 0.25) is 0 Å². The molecule has 1 saturated heterocycles. The fraction of sp³-hybridized carbons (Fsp3) is 0.533. The third kappa shape index (κ3) is 4.76. The molecule has 0 unspecified atom stereocenters. The minimum Gasteiger partial charge on any atom is -0.463 e. The zero-order chi connectivity index (χ0) is 19.4. The molecular weight excluding hydrogens is 368 g/mol. The number of aromatic nitrogens is 2. The van der Waals surface area contributed by atoms with Crippen molar-refractivity contribution in [2.24, 2.45) is 0 Å². The van der Waals surface area contributed by atoms with Crippen LogP contribution >= 0.6 is 12.2 Å². The number of nitrogens with zero attached hydrogens (tertiary/aromatic N) is 1. The Kier molecular flexibility index (Phi) is 6.27. The molecule has 1 aliphatic rings. The van der Waals surface area contributed by atoms with Gasteiger partial charge < -0.3 is 18.9 Å². The Hall–Kier alpha value is -2.53. The summed E-state index contributed by atoms with van der Waals surface area (Å²) >= 11 is 5.11. The molecule has 2 heterocycles. The summed E-state index contributed by atoms with van der Waals surface area (Å²) in [5, 5.41) is 0. The van der Waals surface area contributed by atoms with Crippen molar-refractivity contribution in [1.29, 1.82) is 0 Å². The maximum absolute atomic E-state index is 11.5. The Balaban J connectivity index is 2.41. The zero-order valence-corrected chi connectivity index (χ0v) is 15.1. The van der Waals surface area contributed by atoms with E-state index in [1.807, 2.05) is 0 Å². The summed E-state index contributed by atoms with van der Waals surface area (Å²) in [4.78, 5) is 47.9. The van der Waals surface area contributed by atoms with Gasteiger partial charge in [-0.05, 0) is 12.2 Å². The van der Waals surface area contributed by atoms with E-state index in [4.69, 9.17) is 31.2 Å². The van der Waals surface area contributed by atoms with Crippen molar-refractivity contribution in [3.63, 3.8) is 0 Å². The number of nitrogens with one attached hydrogen (secondary N) is 1. The molecule has 142 valence electrons. The van der Waals surface area contributed by atoms with Gasteiger partial charge in [0.15, 0.2) is 23.2 Å². The SMILES string of the molecule is CC(=O)OC[C@@H]1O[C@H](n2ccc(=O)[nH]c2=S)[C@@H](OC(C)=O)[C@@H]1OC(C)=O. The van der Waals surface area contributed by atoms with Gasteiger partial charge in [-0.3, -0.25) is 28.7 Å². The molecule has 11 heteroatoms. The van der Waals surface area contributed by atoms with E-state index in [1.165, 1.54) is 37.6 Å². The zero-order valence-electron chi connectivity index (χ0n) is 14.3. The lowest BCUT2D eigenvalue weighted by Gasteiger charge is -2.24. The summed E-state index contributed by atoms with van der Waals surface area (Å²) < 4.78 is 22.6. The van der Waals surface area contributed by atoms with Gasteiger partial charge in [0.05, 0.1) is 0 Å². The lowest BCUT2D eigenvalue weighted by atomic mass is 10.1. The van der Waals surface area contributed by atoms with Crippen LogP contribution in [0.3, 0.4) is 0 Å². The Morgan fingerprint density at radius 3 is 2.31 bits per heavy atom. The van der Waals surface area contributed by atoms with Crippen LogP contribution in [0.4, 0.5) is 0 Å². The van der Waals surface area contributed by atoms with Crippen LogP contribution in [-0.2, 0) is 33.3 Å². The Bertz CT molecular complexity index is 816. The number of H-pyrrole nitrogens is 1. The molecular formula is C15H18N2O8S. The van der Waals surface area contributed by atoms with Crippen molar-refractivity contribution in [1.82, 2.24) is 9.55 Å². The summed E-state index contributed by atoms with van der Waals surface area (Å²) in [6, 6.07) is 1.21. The predicted molar refractivity (Wildman–Crippen MR) is 87.5 cm³/mol. The number of hydrogen-bond donors (Lipinski definition) is 1. The first-order valence-corrected chi connectivity index (χ1v) is 8.04. The minimum atomic E-state index is -1.06. The summed E-state index contributed by atoms with van der Waals surface area (Å²) in [7, 11) is 0. The molecule has 0 radical (unpaired) electrons. The van der Waals surface area contributed by atoms with Crippen molar-refractivity contribution >= 4 is 30.1 Å². The number of rotatable bonds is 5. The number of hydrogen-bond acceptors (Lipinski definition) is 9. The highest BCUT2D eigenvalue weighted by Gasteiger charge is 2.50. The minimum absolute atomic E-state index is 0.0226. The van der Waals surface area contributed by atoms with E-state index in [0.717, 1.165) is 0 Å². The first-order chi connectivity index (χ1) is 12.2. The van der Waals surface area contributed by atoms with Crippen LogP contribution < -0.4 is 5.56 Å². The molecule has 0 aromatic carbocycles. The maximum atomic E-state index is 11.5. The van der Waals surface area contributed by atoms with Gasteiger partial charge in [0.2, 0.25) is 0 Å². The van der Waals surface area contributed by atoms with Crippen molar-refractivity contribution in [3.8, 4) is 0 Å². The number of esters is 3. The van der Waals surface area contributed by atoms with Crippen molar-refractivity contribution < 1.29 is 33.3 Å². The second kappa shape index (κ2) is 8.23. The molecule has 0 saturated carbocycles. The van der Waals surface area contributed by atoms with Crippen LogP contribution in [0.25, 0.3) is 0 Å². The molecule has 0 aliphatic carbocycles. The molecule has 2 rings (SSSR count). The highest BCUT2D eigenvalue weighted by atomic mass is 32.1. The van der Waals surface area contributed by atoms with Crippen LogP contribution in [0.15, 0.2) is 17.1 Å². The van der Waals surface area contributed by atoms with Crippen LogP contribution in [0.5, 0.6) is 0 Å². The molecule has 0 bridgehead atoms. The van der Waals surface area contributed by atoms with Gasteiger partial charge in [-0.25, -0.2) is 0 Å². The first kappa shape index (κ1) is 19.8. The van der Waals surface area contributed by atoms with E-state index in [9.17, 15) is 19.2 Å². The Morgan fingerprint density at radius 1 is 1.15 bits per heavy atom. The quantitative estimate of drug-likeness (QED) is 0.430. The van der Waals surface area contributed by atoms with E-state index in [0.29, 0.717) is 0 Å². The Morgan fingerprint density at radius 2 is 1.77 bits per heavy atom. The summed E-state index contributed by atoms with van der Waals surface area (Å²) in [6.07, 6.45) is -2.62. The van der Waals surface area contributed by atoms with E-state index in [1.54, 1.807) is 0 Å². The normalized spacial score (nSPS) is 24.7. The van der Waals surface area contributed by atoms with E-state index < -0.39 is 48.0 Å². The average Bonchev–Trinajstić information content (AvgIpc) is 2.82. The van der Waals surface area contributed by atoms with Gasteiger partial charge in [0.25, 0.3) is 5.56 Å². The molecule has 0 amide bonds. The molecule has 1 N–H and O–H groups in total. The van der Waals surface area contributed by atoms with Crippen LogP contribution in [0, 0.1) is 4.77 Å². The number of ether oxygens (including phenoxy) is 4. The van der Waals surface area contributed by atoms with Gasteiger partial charge >= 0.3 is 17.9 Å². The second-order valence-electron chi connectivity index (χ2n) is 5.53. The average molecular weight is 386 g/mol. The topological polar surface area (TPSA) is 126 Å². The fourth-order valence-electron chi connectivity index (χ4n) is 2.54. The standard InChI is InChI=1S/C15H18N2O8S/c1-7(18)22-6-10-12(23-8(2)19)13(24-9(3)20)14(25-10)17-5-4-11(21)16-15(17)26/h4-5,10,12-14H,6H2,1-3H3,(H,16,21,26)/t10-,12+,13-,14-/m0/s1. The number of carbonyl (C=O) groups is 3. The van der Waals surface area contributed by atoms with Crippen molar-refractivity contribution in [3.05, 3.63) is 27.4 Å². The van der Waals surface area contributed by atoms with Gasteiger partial charge in [-0.2, -0.15) is 0 Å². The summed E-state index contributed by atoms with van der Waals surface area (Å²) in [5.41, 5.74) is -0.415. The first-order valence-electron chi connectivity index (χ1n) is 7.63. The predicted octanol–water partition coefficient (Wildman–Crippen LogP) is 0.230. The molecule has 26 heavy (non-hydrogen) atoms. The van der Waals surface area contributed by atoms with Gasteiger partial charge in [-0.15, -0.1) is 0 Å². The Labute approximate surface area is 153 Å². The van der Waals surface area contributed by atoms with Crippen molar-refractivity contribution in [2.45, 2.75) is 45.3 Å². The van der Waals surface area contributed by atoms with Gasteiger partial charge in [0, 0.05) is 33.0 Å². The molecule has 1 aromatic heterocycles. The summed E-state index contributed by atoms with van der Waals surface area (Å²) in [5.74, 6) is -1.82. The van der Waals surface area contributed by atoms with Crippen molar-refractivity contribution in [2.75, 3.05) is 6.61 Å². The highest BCUT2D eigenvalue weighted by molar-refractivity contribution is 7.71. The largest absolute Gasteiger partial charge is 0.463 e. The van der Waals surface area contributed by atoms with E-state index in [-0.39, 0.29) is 11.4 Å². The maximum Gasteiger partial charge on any atom is 0.303 e. The molecule has 1 fully saturated rings. The monoisotopic (exact) mass is 386 g/mol. The van der Waals surface area contributed by atoms with E-state index in [2.05, 4.69) is 4.98 Å². The third-order valence-electron chi connectivity index (χ3n) is 3.47. The molecule has 1 aliphatic heterocycles. The van der Waals surface area contributed by atoms with E-state index >= 15 is 0 Å².